The molecule has 0 bridgehead atoms. The largest absolute Gasteiger partial charge is 0.353 e. The van der Waals surface area contributed by atoms with Crippen LogP contribution >= 0.6 is 15.9 Å². The molecule has 0 aliphatic heterocycles. The lowest BCUT2D eigenvalue weighted by Gasteiger charge is -2.31. The quantitative estimate of drug-likeness (QED) is 0.772. The van der Waals surface area contributed by atoms with E-state index in [1.807, 2.05) is 0 Å². The van der Waals surface area contributed by atoms with Gasteiger partial charge in [-0.1, -0.05) is 49.0 Å². The van der Waals surface area contributed by atoms with E-state index in [4.69, 9.17) is 0 Å². The van der Waals surface area contributed by atoms with Gasteiger partial charge in [-0.15, -0.1) is 0 Å². The van der Waals surface area contributed by atoms with Gasteiger partial charge in [0, 0.05) is 17.8 Å². The molecule has 1 rings (SSSR count). The van der Waals surface area contributed by atoms with Crippen LogP contribution in [0.5, 0.6) is 0 Å². The van der Waals surface area contributed by atoms with Gasteiger partial charge >= 0.3 is 0 Å². The third-order valence-corrected chi connectivity index (χ3v) is 4.52. The van der Waals surface area contributed by atoms with Gasteiger partial charge in [0.15, 0.2) is 0 Å². The molecule has 2 nitrogen and oxygen atoms in total. The average molecular weight is 290 g/mol. The first-order valence-electron chi connectivity index (χ1n) is 6.52. The summed E-state index contributed by atoms with van der Waals surface area (Å²) in [4.78, 5) is 11.8. The fraction of sp³-hybridized carbons (Fsp3) is 0.923. The second kappa shape index (κ2) is 7.31. The zero-order chi connectivity index (χ0) is 12.0. The van der Waals surface area contributed by atoms with Crippen LogP contribution in [0.2, 0.25) is 0 Å². The number of amides is 1. The monoisotopic (exact) mass is 289 g/mol. The van der Waals surface area contributed by atoms with E-state index in [1.54, 1.807) is 0 Å². The highest BCUT2D eigenvalue weighted by Gasteiger charge is 2.25. The van der Waals surface area contributed by atoms with Crippen LogP contribution in [0.1, 0.15) is 52.4 Å². The zero-order valence-corrected chi connectivity index (χ0v) is 12.1. The fourth-order valence-electron chi connectivity index (χ4n) is 2.31. The van der Waals surface area contributed by atoms with E-state index < -0.39 is 0 Å². The molecule has 1 amide bonds. The van der Waals surface area contributed by atoms with Gasteiger partial charge < -0.3 is 5.32 Å². The highest BCUT2D eigenvalue weighted by atomic mass is 79.9. The predicted octanol–water partition coefficient (Wildman–Crippen LogP) is 3.49. The van der Waals surface area contributed by atoms with E-state index in [9.17, 15) is 4.79 Å². The number of hydrogen-bond acceptors (Lipinski definition) is 1. The molecule has 0 aromatic carbocycles. The summed E-state index contributed by atoms with van der Waals surface area (Å²) < 4.78 is 0. The lowest BCUT2D eigenvalue weighted by molar-refractivity contribution is -0.123. The maximum atomic E-state index is 11.8. The minimum atomic E-state index is 0.243. The van der Waals surface area contributed by atoms with Gasteiger partial charge in [-0.2, -0.15) is 0 Å². The molecule has 0 saturated heterocycles. The molecule has 1 fully saturated rings. The Morgan fingerprint density at radius 1 is 1.44 bits per heavy atom. The first-order chi connectivity index (χ1) is 7.67. The molecule has 1 N–H and O–H groups in total. The molecule has 0 aromatic heterocycles. The van der Waals surface area contributed by atoms with Crippen LogP contribution in [-0.4, -0.2) is 17.3 Å². The Hall–Kier alpha value is -0.0500. The number of halogens is 1. The molecule has 3 unspecified atom stereocenters. The van der Waals surface area contributed by atoms with Gasteiger partial charge in [0.2, 0.25) is 5.91 Å². The van der Waals surface area contributed by atoms with Crippen molar-refractivity contribution in [2.75, 3.05) is 5.33 Å². The zero-order valence-electron chi connectivity index (χ0n) is 10.5. The molecule has 0 aromatic rings. The van der Waals surface area contributed by atoms with Crippen LogP contribution in [0, 0.1) is 11.8 Å². The SMILES string of the molecule is CCC(C)CC(=O)NC1CCCCC1CBr. The number of rotatable bonds is 5. The number of hydrogen-bond donors (Lipinski definition) is 1. The summed E-state index contributed by atoms with van der Waals surface area (Å²) >= 11 is 3.55. The van der Waals surface area contributed by atoms with Gasteiger partial charge in [0.25, 0.3) is 0 Å². The molecule has 0 radical (unpaired) electrons. The van der Waals surface area contributed by atoms with E-state index in [1.165, 1.54) is 19.3 Å². The fourth-order valence-corrected chi connectivity index (χ4v) is 3.08. The molecule has 1 saturated carbocycles. The van der Waals surface area contributed by atoms with Crippen molar-refractivity contribution in [3.05, 3.63) is 0 Å². The van der Waals surface area contributed by atoms with E-state index in [-0.39, 0.29) is 5.91 Å². The summed E-state index contributed by atoms with van der Waals surface area (Å²) in [5, 5.41) is 4.23. The first-order valence-corrected chi connectivity index (χ1v) is 7.64. The standard InChI is InChI=1S/C13H24BrNO/c1-3-10(2)8-13(16)15-12-7-5-4-6-11(12)9-14/h10-12H,3-9H2,1-2H3,(H,15,16). The molecular weight excluding hydrogens is 266 g/mol. The van der Waals surface area contributed by atoms with Crippen molar-refractivity contribution in [2.24, 2.45) is 11.8 Å². The summed E-state index contributed by atoms with van der Waals surface area (Å²) in [7, 11) is 0. The van der Waals surface area contributed by atoms with Gasteiger partial charge in [-0.3, -0.25) is 4.79 Å². The number of nitrogens with one attached hydrogen (secondary N) is 1. The van der Waals surface area contributed by atoms with Crippen LogP contribution in [0.3, 0.4) is 0 Å². The highest BCUT2D eigenvalue weighted by Crippen LogP contribution is 2.26. The summed E-state index contributed by atoms with van der Waals surface area (Å²) in [6.07, 6.45) is 6.75. The molecular formula is C13H24BrNO. The average Bonchev–Trinajstić information content (AvgIpc) is 2.29. The normalized spacial score (nSPS) is 27.4. The summed E-state index contributed by atoms with van der Waals surface area (Å²) in [5.74, 6) is 1.38. The van der Waals surface area contributed by atoms with Crippen molar-refractivity contribution in [3.8, 4) is 0 Å². The second-order valence-electron chi connectivity index (χ2n) is 5.09. The van der Waals surface area contributed by atoms with E-state index in [0.717, 1.165) is 18.2 Å². The molecule has 3 heteroatoms. The smallest absolute Gasteiger partial charge is 0.220 e. The lowest BCUT2D eigenvalue weighted by Crippen LogP contribution is -2.43. The first kappa shape index (κ1) is 14.0. The number of carbonyl (C=O) groups is 1. The molecule has 94 valence electrons. The van der Waals surface area contributed by atoms with Gasteiger partial charge in [-0.05, 0) is 24.7 Å². The number of carbonyl (C=O) groups excluding carboxylic acids is 1. The van der Waals surface area contributed by atoms with Crippen molar-refractivity contribution < 1.29 is 4.79 Å². The topological polar surface area (TPSA) is 29.1 Å². The van der Waals surface area contributed by atoms with Crippen LogP contribution in [0.4, 0.5) is 0 Å². The Morgan fingerprint density at radius 3 is 2.75 bits per heavy atom. The van der Waals surface area contributed by atoms with E-state index in [0.29, 0.717) is 24.3 Å². The Labute approximate surface area is 108 Å². The van der Waals surface area contributed by atoms with Crippen LogP contribution in [0.15, 0.2) is 0 Å². The summed E-state index contributed by atoms with van der Waals surface area (Å²) in [5.41, 5.74) is 0. The van der Waals surface area contributed by atoms with E-state index in [2.05, 4.69) is 35.1 Å². The lowest BCUT2D eigenvalue weighted by atomic mass is 9.85. The van der Waals surface area contributed by atoms with Crippen molar-refractivity contribution in [2.45, 2.75) is 58.4 Å². The summed E-state index contributed by atoms with van der Waals surface area (Å²) in [6, 6.07) is 0.407. The Balaban J connectivity index is 2.36. The van der Waals surface area contributed by atoms with Gasteiger partial charge in [0.05, 0.1) is 0 Å². The maximum absolute atomic E-state index is 11.8. The van der Waals surface area contributed by atoms with Crippen molar-refractivity contribution in [3.63, 3.8) is 0 Å². The van der Waals surface area contributed by atoms with Crippen LogP contribution < -0.4 is 5.32 Å². The molecule has 0 heterocycles. The Morgan fingerprint density at radius 2 is 2.12 bits per heavy atom. The van der Waals surface area contributed by atoms with Gasteiger partial charge in [0.1, 0.15) is 0 Å². The van der Waals surface area contributed by atoms with Crippen LogP contribution in [-0.2, 0) is 4.79 Å². The molecule has 0 spiro atoms. The molecule has 16 heavy (non-hydrogen) atoms. The summed E-state index contributed by atoms with van der Waals surface area (Å²) in [6.45, 7) is 4.28. The Bertz CT molecular complexity index is 220. The highest BCUT2D eigenvalue weighted by molar-refractivity contribution is 9.09. The van der Waals surface area contributed by atoms with Crippen molar-refractivity contribution in [1.29, 1.82) is 0 Å². The second-order valence-corrected chi connectivity index (χ2v) is 5.74. The maximum Gasteiger partial charge on any atom is 0.220 e. The molecule has 3 atom stereocenters. The van der Waals surface area contributed by atoms with Crippen LogP contribution in [0.25, 0.3) is 0 Å². The molecule has 1 aliphatic carbocycles. The van der Waals surface area contributed by atoms with E-state index >= 15 is 0 Å². The predicted molar refractivity (Wildman–Crippen MR) is 71.8 cm³/mol. The number of alkyl halides is 1. The third kappa shape index (κ3) is 4.44. The Kier molecular flexibility index (Phi) is 6.40. The van der Waals surface area contributed by atoms with Crippen molar-refractivity contribution in [1.82, 2.24) is 5.32 Å². The minimum Gasteiger partial charge on any atom is -0.353 e. The minimum absolute atomic E-state index is 0.243. The van der Waals surface area contributed by atoms with Crippen molar-refractivity contribution >= 4 is 21.8 Å². The van der Waals surface area contributed by atoms with Gasteiger partial charge in [-0.25, -0.2) is 0 Å². The molecule has 1 aliphatic rings. The third-order valence-electron chi connectivity index (χ3n) is 3.68.